The van der Waals surface area contributed by atoms with Crippen molar-refractivity contribution in [1.29, 1.82) is 0 Å². The fraction of sp³-hybridized carbons (Fsp3) is 0.0870. The van der Waals surface area contributed by atoms with Gasteiger partial charge in [-0.3, -0.25) is 19.3 Å². The molecule has 4 rings (SSSR count). The minimum atomic E-state index is -1.27. The van der Waals surface area contributed by atoms with Gasteiger partial charge in [-0.1, -0.05) is 76.7 Å². The lowest BCUT2D eigenvalue weighted by Gasteiger charge is -2.25. The summed E-state index contributed by atoms with van der Waals surface area (Å²) in [5, 5.41) is 1.84. The minimum absolute atomic E-state index is 0.00996. The van der Waals surface area contributed by atoms with E-state index < -0.39 is 29.6 Å². The van der Waals surface area contributed by atoms with E-state index in [4.69, 9.17) is 46.4 Å². The van der Waals surface area contributed by atoms with Crippen LogP contribution in [-0.2, 0) is 11.2 Å². The predicted molar refractivity (Wildman–Crippen MR) is 126 cm³/mol. The highest BCUT2D eigenvalue weighted by Gasteiger charge is 2.46. The van der Waals surface area contributed by atoms with Crippen molar-refractivity contribution in [1.82, 2.24) is 4.90 Å². The van der Waals surface area contributed by atoms with E-state index in [-0.39, 0.29) is 37.6 Å². The number of carbonyl (C=O) groups is 3. The van der Waals surface area contributed by atoms with Gasteiger partial charge in [0.15, 0.2) is 0 Å². The molecule has 3 aromatic rings. The Morgan fingerprint density at radius 2 is 1.33 bits per heavy atom. The number of nitrogens with zero attached hydrogens (tertiary/aromatic N) is 1. The molecule has 1 N–H and O–H groups in total. The number of halogens is 5. The van der Waals surface area contributed by atoms with Crippen LogP contribution in [0.1, 0.15) is 26.3 Å². The summed E-state index contributed by atoms with van der Waals surface area (Å²) in [5.74, 6) is -2.79. The van der Waals surface area contributed by atoms with Gasteiger partial charge in [-0.05, 0) is 29.8 Å². The summed E-state index contributed by atoms with van der Waals surface area (Å²) in [5.41, 5.74) is 0.558. The molecule has 3 amide bonds. The maximum atomic E-state index is 13.3. The SMILES string of the molecule is O=C(Nc1ccc(F)cc1)[C@@H](Cc1ccccc1)N1C(=O)c2c(Cl)c(Cl)c(Cl)c(Cl)c2C1=O. The van der Waals surface area contributed by atoms with Crippen molar-refractivity contribution < 1.29 is 18.8 Å². The number of carbonyl (C=O) groups excluding carboxylic acids is 3. The Morgan fingerprint density at radius 1 is 0.818 bits per heavy atom. The number of fused-ring (bicyclic) bond motifs is 1. The first-order valence-corrected chi connectivity index (χ1v) is 11.1. The first-order valence-electron chi connectivity index (χ1n) is 9.55. The van der Waals surface area contributed by atoms with Crippen molar-refractivity contribution in [2.45, 2.75) is 12.5 Å². The number of nitrogens with one attached hydrogen (secondary N) is 1. The number of benzene rings is 3. The Morgan fingerprint density at radius 3 is 1.85 bits per heavy atom. The summed E-state index contributed by atoms with van der Waals surface area (Å²) in [7, 11) is 0. The Labute approximate surface area is 208 Å². The molecular weight excluding hydrogens is 513 g/mol. The van der Waals surface area contributed by atoms with Crippen LogP contribution in [0, 0.1) is 5.82 Å². The van der Waals surface area contributed by atoms with E-state index in [2.05, 4.69) is 5.32 Å². The lowest BCUT2D eigenvalue weighted by molar-refractivity contribution is -0.119. The number of hydrogen-bond donors (Lipinski definition) is 1. The topological polar surface area (TPSA) is 66.5 Å². The van der Waals surface area contributed by atoms with E-state index in [9.17, 15) is 18.8 Å². The van der Waals surface area contributed by atoms with Crippen LogP contribution < -0.4 is 5.32 Å². The molecule has 0 fully saturated rings. The van der Waals surface area contributed by atoms with Gasteiger partial charge < -0.3 is 5.32 Å². The van der Waals surface area contributed by atoms with Crippen molar-refractivity contribution in [2.24, 2.45) is 0 Å². The third-order valence-corrected chi connectivity index (χ3v) is 6.93. The van der Waals surface area contributed by atoms with Gasteiger partial charge in [-0.15, -0.1) is 0 Å². The highest BCUT2D eigenvalue weighted by Crippen LogP contribution is 2.45. The second-order valence-electron chi connectivity index (χ2n) is 7.19. The summed E-state index contributed by atoms with van der Waals surface area (Å²) in [6.07, 6.45) is 0.00996. The summed E-state index contributed by atoms with van der Waals surface area (Å²) in [6.45, 7) is 0. The molecular formula is C23H13Cl4FN2O3. The summed E-state index contributed by atoms with van der Waals surface area (Å²) in [6, 6.07) is 12.6. The second kappa shape index (κ2) is 9.31. The van der Waals surface area contributed by atoms with E-state index in [0.29, 0.717) is 11.3 Å². The molecule has 33 heavy (non-hydrogen) atoms. The van der Waals surface area contributed by atoms with Crippen LogP contribution in [0.5, 0.6) is 0 Å². The number of hydrogen-bond acceptors (Lipinski definition) is 3. The van der Waals surface area contributed by atoms with Crippen molar-refractivity contribution in [3.05, 3.63) is 97.2 Å². The van der Waals surface area contributed by atoms with Gasteiger partial charge in [0.25, 0.3) is 11.8 Å². The zero-order valence-corrected chi connectivity index (χ0v) is 19.6. The van der Waals surface area contributed by atoms with E-state index in [1.54, 1.807) is 30.3 Å². The predicted octanol–water partition coefficient (Wildman–Crippen LogP) is 6.29. The van der Waals surface area contributed by atoms with Crippen LogP contribution in [0.15, 0.2) is 54.6 Å². The van der Waals surface area contributed by atoms with Gasteiger partial charge in [-0.25, -0.2) is 4.39 Å². The molecule has 0 saturated carbocycles. The molecule has 0 aliphatic carbocycles. The molecule has 0 bridgehead atoms. The minimum Gasteiger partial charge on any atom is -0.324 e. The molecule has 10 heteroatoms. The molecule has 168 valence electrons. The molecule has 0 unspecified atom stereocenters. The van der Waals surface area contributed by atoms with Crippen LogP contribution in [0.25, 0.3) is 0 Å². The second-order valence-corrected chi connectivity index (χ2v) is 8.70. The molecule has 0 spiro atoms. The molecule has 0 saturated heterocycles. The smallest absolute Gasteiger partial charge is 0.263 e. The average Bonchev–Trinajstić information content (AvgIpc) is 3.07. The third kappa shape index (κ3) is 4.32. The number of anilines is 1. The Bertz CT molecular complexity index is 1240. The molecule has 1 aliphatic heterocycles. The van der Waals surface area contributed by atoms with Crippen molar-refractivity contribution >= 4 is 69.8 Å². The standard InChI is InChI=1S/C23H13Cl4FN2O3/c24-17-15-16(18(25)20(27)19(17)26)23(33)30(22(15)32)14(10-11-4-2-1-3-5-11)21(31)29-13-8-6-12(28)7-9-13/h1-9,14H,10H2,(H,29,31)/t14-/m1/s1. The Kier molecular flexibility index (Phi) is 6.64. The molecule has 1 atom stereocenters. The van der Waals surface area contributed by atoms with Gasteiger partial charge in [0, 0.05) is 12.1 Å². The van der Waals surface area contributed by atoms with E-state index in [1.807, 2.05) is 0 Å². The molecule has 0 radical (unpaired) electrons. The first kappa shape index (κ1) is 23.5. The zero-order chi connectivity index (χ0) is 23.9. The van der Waals surface area contributed by atoms with E-state index in [1.165, 1.54) is 24.3 Å². The maximum absolute atomic E-state index is 13.3. The summed E-state index contributed by atoms with van der Waals surface area (Å²) < 4.78 is 13.3. The van der Waals surface area contributed by atoms with Crippen LogP contribution in [0.4, 0.5) is 10.1 Å². The monoisotopic (exact) mass is 524 g/mol. The van der Waals surface area contributed by atoms with E-state index in [0.717, 1.165) is 4.90 Å². The quantitative estimate of drug-likeness (QED) is 0.242. The number of amides is 3. The summed E-state index contributed by atoms with van der Waals surface area (Å²) >= 11 is 24.6. The van der Waals surface area contributed by atoms with Crippen LogP contribution >= 0.6 is 46.4 Å². The highest BCUT2D eigenvalue weighted by atomic mass is 35.5. The third-order valence-electron chi connectivity index (χ3n) is 5.13. The molecule has 1 aliphatic rings. The van der Waals surface area contributed by atoms with Crippen molar-refractivity contribution in [3.63, 3.8) is 0 Å². The lowest BCUT2D eigenvalue weighted by Crippen LogP contribution is -2.48. The van der Waals surface area contributed by atoms with Crippen LogP contribution in [-0.4, -0.2) is 28.7 Å². The molecule has 1 heterocycles. The van der Waals surface area contributed by atoms with Gasteiger partial charge in [0.1, 0.15) is 11.9 Å². The first-order chi connectivity index (χ1) is 15.7. The van der Waals surface area contributed by atoms with Gasteiger partial charge >= 0.3 is 0 Å². The lowest BCUT2D eigenvalue weighted by atomic mass is 10.0. The van der Waals surface area contributed by atoms with Crippen molar-refractivity contribution in [3.8, 4) is 0 Å². The number of imide groups is 1. The molecule has 5 nitrogen and oxygen atoms in total. The van der Waals surface area contributed by atoms with Gasteiger partial charge in [-0.2, -0.15) is 0 Å². The van der Waals surface area contributed by atoms with Crippen LogP contribution in [0.3, 0.4) is 0 Å². The average molecular weight is 526 g/mol. The normalized spacial score (nSPS) is 13.8. The van der Waals surface area contributed by atoms with Crippen molar-refractivity contribution in [2.75, 3.05) is 5.32 Å². The summed E-state index contributed by atoms with van der Waals surface area (Å²) in [4.78, 5) is 40.7. The Balaban J connectivity index is 1.76. The maximum Gasteiger partial charge on any atom is 0.263 e. The Hall–Kier alpha value is -2.64. The molecule has 3 aromatic carbocycles. The fourth-order valence-electron chi connectivity index (χ4n) is 3.55. The van der Waals surface area contributed by atoms with Crippen LogP contribution in [0.2, 0.25) is 20.1 Å². The van der Waals surface area contributed by atoms with Gasteiger partial charge in [0.2, 0.25) is 5.91 Å². The highest BCUT2D eigenvalue weighted by molar-refractivity contribution is 6.55. The number of rotatable bonds is 5. The van der Waals surface area contributed by atoms with E-state index >= 15 is 0 Å². The molecule has 0 aromatic heterocycles. The fourth-order valence-corrected chi connectivity index (χ4v) is 4.56. The zero-order valence-electron chi connectivity index (χ0n) is 16.5. The largest absolute Gasteiger partial charge is 0.324 e. The van der Waals surface area contributed by atoms with Gasteiger partial charge in [0.05, 0.1) is 31.2 Å².